The first-order chi connectivity index (χ1) is 6.27. The van der Waals surface area contributed by atoms with Gasteiger partial charge in [0.1, 0.15) is 5.57 Å². The van der Waals surface area contributed by atoms with Crippen LogP contribution in [0.4, 0.5) is 0 Å². The summed E-state index contributed by atoms with van der Waals surface area (Å²) in [4.78, 5) is 21.0. The lowest BCUT2D eigenvalue weighted by atomic mass is 10.1. The molecule has 0 radical (unpaired) electrons. The number of aliphatic carboxylic acids is 2. The molecule has 7 heteroatoms. The molecule has 0 bridgehead atoms. The molecule has 0 spiro atoms. The highest BCUT2D eigenvalue weighted by Crippen LogP contribution is 2.32. The van der Waals surface area contributed by atoms with E-state index in [0.717, 1.165) is 6.92 Å². The van der Waals surface area contributed by atoms with Gasteiger partial charge in [0.15, 0.2) is 11.9 Å². The molecule has 0 aromatic carbocycles. The Bertz CT molecular complexity index is 327. The lowest BCUT2D eigenvalue weighted by molar-refractivity contribution is -0.194. The maximum absolute atomic E-state index is 10.5. The number of hydrogen-bond donors (Lipinski definition) is 4. The lowest BCUT2D eigenvalue weighted by Crippen LogP contribution is -2.32. The fourth-order valence-electron chi connectivity index (χ4n) is 1.11. The molecule has 1 aliphatic heterocycles. The van der Waals surface area contributed by atoms with Crippen molar-refractivity contribution in [3.8, 4) is 0 Å². The van der Waals surface area contributed by atoms with Gasteiger partial charge in [0.2, 0.25) is 5.79 Å². The lowest BCUT2D eigenvalue weighted by Gasteiger charge is -2.16. The third-order valence-corrected chi connectivity index (χ3v) is 1.76. The molecule has 1 heterocycles. The van der Waals surface area contributed by atoms with E-state index in [1.165, 1.54) is 0 Å². The normalized spacial score (nSPS) is 32.0. The Hall–Kier alpha value is -1.60. The summed E-state index contributed by atoms with van der Waals surface area (Å²) in [5, 5.41) is 35.5. The minimum atomic E-state index is -2.27. The largest absolute Gasteiger partial charge is 0.506 e. The summed E-state index contributed by atoms with van der Waals surface area (Å²) < 4.78 is 4.45. The number of rotatable bonds is 2. The van der Waals surface area contributed by atoms with Crippen molar-refractivity contribution in [3.05, 3.63) is 11.3 Å². The Balaban J connectivity index is 3.20. The van der Waals surface area contributed by atoms with Crippen molar-refractivity contribution in [3.63, 3.8) is 0 Å². The SMILES string of the molecule is CC1(O)OC(C(=O)O)C(C(=O)O)=C1O. The van der Waals surface area contributed by atoms with Gasteiger partial charge in [-0.25, -0.2) is 9.59 Å². The number of carboxylic acid groups (broad SMARTS) is 2. The standard InChI is InChI=1S/C7H8O7/c1-7(13)4(8)2(5(9)10)3(14-7)6(11)12/h3,8,13H,1H3,(H,9,10)(H,11,12). The zero-order valence-electron chi connectivity index (χ0n) is 7.09. The highest BCUT2D eigenvalue weighted by molar-refractivity contribution is 5.96. The number of hydrogen-bond acceptors (Lipinski definition) is 5. The van der Waals surface area contributed by atoms with Gasteiger partial charge < -0.3 is 25.2 Å². The van der Waals surface area contributed by atoms with Gasteiger partial charge in [-0.2, -0.15) is 0 Å². The first-order valence-corrected chi connectivity index (χ1v) is 3.57. The molecule has 0 fully saturated rings. The Morgan fingerprint density at radius 3 is 2.21 bits per heavy atom. The van der Waals surface area contributed by atoms with Crippen LogP contribution in [0.3, 0.4) is 0 Å². The van der Waals surface area contributed by atoms with Crippen LogP contribution in [0.15, 0.2) is 11.3 Å². The molecule has 2 atom stereocenters. The van der Waals surface area contributed by atoms with Gasteiger partial charge in [0.25, 0.3) is 0 Å². The van der Waals surface area contributed by atoms with E-state index >= 15 is 0 Å². The number of aliphatic hydroxyl groups is 2. The summed E-state index contributed by atoms with van der Waals surface area (Å²) in [6.45, 7) is 0.953. The molecule has 78 valence electrons. The molecule has 14 heavy (non-hydrogen) atoms. The van der Waals surface area contributed by atoms with Crippen LogP contribution < -0.4 is 0 Å². The number of carboxylic acids is 2. The monoisotopic (exact) mass is 204 g/mol. The smallest absolute Gasteiger partial charge is 0.338 e. The van der Waals surface area contributed by atoms with Crippen molar-refractivity contribution in [2.45, 2.75) is 18.8 Å². The predicted molar refractivity (Wildman–Crippen MR) is 40.4 cm³/mol. The van der Waals surface area contributed by atoms with Crippen LogP contribution in [0.5, 0.6) is 0 Å². The third kappa shape index (κ3) is 1.42. The van der Waals surface area contributed by atoms with Gasteiger partial charge in [-0.3, -0.25) is 0 Å². The summed E-state index contributed by atoms with van der Waals surface area (Å²) >= 11 is 0. The van der Waals surface area contributed by atoms with Crippen molar-refractivity contribution < 1.29 is 34.8 Å². The van der Waals surface area contributed by atoms with E-state index < -0.39 is 35.2 Å². The zero-order chi connectivity index (χ0) is 11.1. The summed E-state index contributed by atoms with van der Waals surface area (Å²) in [6.07, 6.45) is -1.86. The second kappa shape index (κ2) is 2.96. The molecule has 1 aliphatic rings. The molecule has 0 aromatic heterocycles. The van der Waals surface area contributed by atoms with Gasteiger partial charge in [-0.05, 0) is 6.92 Å². The Labute approximate surface area is 77.8 Å². The Kier molecular flexibility index (Phi) is 2.22. The molecule has 7 nitrogen and oxygen atoms in total. The van der Waals surface area contributed by atoms with E-state index in [0.29, 0.717) is 0 Å². The molecule has 0 saturated heterocycles. The number of aliphatic hydroxyl groups excluding tert-OH is 1. The Morgan fingerprint density at radius 2 is 1.93 bits per heavy atom. The van der Waals surface area contributed by atoms with Gasteiger partial charge in [-0.1, -0.05) is 0 Å². The first-order valence-electron chi connectivity index (χ1n) is 3.57. The van der Waals surface area contributed by atoms with Crippen LogP contribution in [0.25, 0.3) is 0 Å². The number of carbonyl (C=O) groups is 2. The van der Waals surface area contributed by atoms with Crippen molar-refractivity contribution in [1.82, 2.24) is 0 Å². The van der Waals surface area contributed by atoms with Crippen molar-refractivity contribution >= 4 is 11.9 Å². The van der Waals surface area contributed by atoms with Crippen LogP contribution in [0, 0.1) is 0 Å². The highest BCUT2D eigenvalue weighted by atomic mass is 16.7. The van der Waals surface area contributed by atoms with E-state index in [1.807, 2.05) is 0 Å². The molecular formula is C7H8O7. The van der Waals surface area contributed by atoms with Gasteiger partial charge >= 0.3 is 11.9 Å². The summed E-state index contributed by atoms with van der Waals surface area (Å²) in [5.74, 6) is -6.49. The van der Waals surface area contributed by atoms with Gasteiger partial charge in [-0.15, -0.1) is 0 Å². The molecule has 4 N–H and O–H groups in total. The van der Waals surface area contributed by atoms with E-state index in [2.05, 4.69) is 4.74 Å². The fraction of sp³-hybridized carbons (Fsp3) is 0.429. The fourth-order valence-corrected chi connectivity index (χ4v) is 1.11. The van der Waals surface area contributed by atoms with Crippen LogP contribution in [0.1, 0.15) is 6.92 Å². The summed E-state index contributed by atoms with van der Waals surface area (Å²) in [5.41, 5.74) is -0.859. The van der Waals surface area contributed by atoms with Gasteiger partial charge in [0.05, 0.1) is 0 Å². The van der Waals surface area contributed by atoms with E-state index in [4.69, 9.17) is 15.3 Å². The van der Waals surface area contributed by atoms with E-state index in [-0.39, 0.29) is 0 Å². The first kappa shape index (κ1) is 10.5. The maximum Gasteiger partial charge on any atom is 0.338 e. The molecule has 0 saturated carbocycles. The number of ether oxygens (including phenoxy) is 1. The zero-order valence-corrected chi connectivity index (χ0v) is 7.09. The molecule has 1 rings (SSSR count). The topological polar surface area (TPSA) is 124 Å². The van der Waals surface area contributed by atoms with Crippen molar-refractivity contribution in [1.29, 1.82) is 0 Å². The second-order valence-electron chi connectivity index (χ2n) is 2.89. The summed E-state index contributed by atoms with van der Waals surface area (Å²) in [7, 11) is 0. The van der Waals surface area contributed by atoms with Crippen LogP contribution in [-0.4, -0.2) is 44.3 Å². The molecule has 0 aliphatic carbocycles. The minimum Gasteiger partial charge on any atom is -0.506 e. The van der Waals surface area contributed by atoms with Gasteiger partial charge in [0, 0.05) is 0 Å². The summed E-state index contributed by atoms with van der Waals surface area (Å²) in [6, 6.07) is 0. The quantitative estimate of drug-likeness (QED) is 0.458. The average Bonchev–Trinajstić information content (AvgIpc) is 2.23. The molecular weight excluding hydrogens is 196 g/mol. The van der Waals surface area contributed by atoms with E-state index in [1.54, 1.807) is 0 Å². The maximum atomic E-state index is 10.5. The average molecular weight is 204 g/mol. The third-order valence-electron chi connectivity index (χ3n) is 1.76. The highest BCUT2D eigenvalue weighted by Gasteiger charge is 2.49. The van der Waals surface area contributed by atoms with Crippen molar-refractivity contribution in [2.75, 3.05) is 0 Å². The molecule has 2 unspecified atom stereocenters. The predicted octanol–water partition coefficient (Wildman–Crippen LogP) is -0.925. The molecule has 0 amide bonds. The Morgan fingerprint density at radius 1 is 1.43 bits per heavy atom. The van der Waals surface area contributed by atoms with Crippen molar-refractivity contribution in [2.24, 2.45) is 0 Å². The van der Waals surface area contributed by atoms with Crippen LogP contribution in [-0.2, 0) is 14.3 Å². The molecule has 0 aromatic rings. The van der Waals surface area contributed by atoms with E-state index in [9.17, 15) is 14.7 Å². The minimum absolute atomic E-state index is 0.859. The van der Waals surface area contributed by atoms with Crippen LogP contribution in [0.2, 0.25) is 0 Å². The second-order valence-corrected chi connectivity index (χ2v) is 2.89. The van der Waals surface area contributed by atoms with Crippen LogP contribution >= 0.6 is 0 Å².